The molecule has 0 aromatic rings. The Labute approximate surface area is 480 Å². The Morgan fingerprint density at radius 3 is 1.10 bits per heavy atom. The van der Waals surface area contributed by atoms with Crippen LogP contribution >= 0.6 is 0 Å². The van der Waals surface area contributed by atoms with Crippen LogP contribution < -0.4 is 10.6 Å². The van der Waals surface area contributed by atoms with Crippen molar-refractivity contribution < 1.29 is 28.7 Å². The van der Waals surface area contributed by atoms with Gasteiger partial charge in [0.1, 0.15) is 12.1 Å². The molecule has 2 aliphatic heterocycles. The fourth-order valence-electron chi connectivity index (χ4n) is 11.7. The van der Waals surface area contributed by atoms with Gasteiger partial charge in [0.05, 0.1) is 26.4 Å². The molecule has 0 bridgehead atoms. The molecule has 12 heteroatoms. The van der Waals surface area contributed by atoms with E-state index < -0.39 is 12.1 Å². The summed E-state index contributed by atoms with van der Waals surface area (Å²) in [6.45, 7) is 18.1. The van der Waals surface area contributed by atoms with Gasteiger partial charge in [-0.3, -0.25) is 19.2 Å². The Hall–Kier alpha value is -2.80. The van der Waals surface area contributed by atoms with Crippen molar-refractivity contribution in [2.45, 2.75) is 284 Å². The van der Waals surface area contributed by atoms with Gasteiger partial charge < -0.3 is 39.7 Å². The standard InChI is InChI=1S/C66H124N6O6/c1-9-11-13-15-17-19-21-23-25-27-29-31-33-35-37-43-61(73)71(51-45-59-41-39-49-69(59)7)63(57(3)4)65(75)67-47-53-77-55-56-78-54-48-68-66(76)64(58(5)6)72(52-46-60-42-40-50-70(60)8)62(74)44-38-36-34-32-30-28-26-24-22-20-18-16-14-12-10-2/h23-26,57-60,63-64H,9-22,27-56H2,1-8H3,(H,67,75)(H,68,76)/b25-23-,26-24-. The highest BCUT2D eigenvalue weighted by Crippen LogP contribution is 2.24. The largest absolute Gasteiger partial charge is 0.377 e. The van der Waals surface area contributed by atoms with E-state index in [0.29, 0.717) is 77.5 Å². The maximum Gasteiger partial charge on any atom is 0.243 e. The second-order valence-electron chi connectivity index (χ2n) is 24.2. The normalized spacial score (nSPS) is 17.1. The summed E-state index contributed by atoms with van der Waals surface area (Å²) in [5, 5.41) is 6.17. The average Bonchev–Trinajstić information content (AvgIpc) is 4.05. The minimum absolute atomic E-state index is 0.0282. The highest BCUT2D eigenvalue weighted by atomic mass is 16.5. The number of rotatable bonds is 51. The average molecular weight is 1100 g/mol. The van der Waals surface area contributed by atoms with Crippen LogP contribution in [-0.2, 0) is 28.7 Å². The lowest BCUT2D eigenvalue weighted by atomic mass is 9.99. The van der Waals surface area contributed by atoms with Crippen molar-refractivity contribution in [1.29, 1.82) is 0 Å². The highest BCUT2D eigenvalue weighted by molar-refractivity contribution is 5.88. The van der Waals surface area contributed by atoms with E-state index in [0.717, 1.165) is 90.1 Å². The van der Waals surface area contributed by atoms with Gasteiger partial charge in [0, 0.05) is 51.1 Å². The molecule has 2 saturated heterocycles. The number of nitrogens with zero attached hydrogens (tertiary/aromatic N) is 4. The van der Waals surface area contributed by atoms with Gasteiger partial charge >= 0.3 is 0 Å². The van der Waals surface area contributed by atoms with Crippen LogP contribution in [0.4, 0.5) is 0 Å². The van der Waals surface area contributed by atoms with E-state index in [9.17, 15) is 19.2 Å². The predicted octanol–water partition coefficient (Wildman–Crippen LogP) is 14.0. The van der Waals surface area contributed by atoms with E-state index in [2.05, 4.69) is 72.7 Å². The molecule has 78 heavy (non-hydrogen) atoms. The summed E-state index contributed by atoms with van der Waals surface area (Å²) in [7, 11) is 4.34. The van der Waals surface area contributed by atoms with E-state index in [-0.39, 0.29) is 35.5 Å². The summed E-state index contributed by atoms with van der Waals surface area (Å²) >= 11 is 0. The quantitative estimate of drug-likeness (QED) is 0.0456. The molecule has 0 aliphatic carbocycles. The number of hydrogen-bond donors (Lipinski definition) is 2. The minimum Gasteiger partial charge on any atom is -0.377 e. The van der Waals surface area contributed by atoms with Gasteiger partial charge in [-0.2, -0.15) is 0 Å². The van der Waals surface area contributed by atoms with Gasteiger partial charge in [-0.15, -0.1) is 0 Å². The zero-order valence-electron chi connectivity index (χ0n) is 52.1. The molecule has 2 fully saturated rings. The van der Waals surface area contributed by atoms with Gasteiger partial charge in [0.15, 0.2) is 0 Å². The molecule has 2 aliphatic rings. The minimum atomic E-state index is -0.530. The molecule has 4 atom stereocenters. The summed E-state index contributed by atoms with van der Waals surface area (Å²) in [6, 6.07) is -0.178. The number of ether oxygens (including phenoxy) is 2. The first-order chi connectivity index (χ1) is 37.9. The molecular formula is C66H124N6O6. The molecule has 2 rings (SSSR count). The summed E-state index contributed by atoms with van der Waals surface area (Å²) in [5.41, 5.74) is 0. The maximum absolute atomic E-state index is 13.9. The molecule has 0 aromatic heterocycles. The number of likely N-dealkylation sites (tertiary alicyclic amines) is 2. The van der Waals surface area contributed by atoms with Crippen molar-refractivity contribution in [2.75, 3.05) is 79.8 Å². The number of carbonyl (C=O) groups is 4. The lowest BCUT2D eigenvalue weighted by Crippen LogP contribution is -2.53. The second-order valence-corrected chi connectivity index (χ2v) is 24.2. The first kappa shape index (κ1) is 71.3. The van der Waals surface area contributed by atoms with Crippen molar-refractivity contribution in [1.82, 2.24) is 30.2 Å². The molecular weight excluding hydrogens is 973 g/mol. The molecule has 0 aromatic carbocycles. The molecule has 454 valence electrons. The van der Waals surface area contributed by atoms with Gasteiger partial charge in [0.2, 0.25) is 23.6 Å². The first-order valence-corrected chi connectivity index (χ1v) is 32.9. The Kier molecular flexibility index (Phi) is 43.7. The van der Waals surface area contributed by atoms with Crippen LogP contribution in [0.2, 0.25) is 0 Å². The summed E-state index contributed by atoms with van der Waals surface area (Å²) in [5.74, 6) is -0.111. The third kappa shape index (κ3) is 33.8. The van der Waals surface area contributed by atoms with Crippen molar-refractivity contribution >= 4 is 23.6 Å². The number of nitrogens with one attached hydrogen (secondary N) is 2. The lowest BCUT2D eigenvalue weighted by molar-refractivity contribution is -0.142. The summed E-state index contributed by atoms with van der Waals surface area (Å²) < 4.78 is 11.7. The Morgan fingerprint density at radius 1 is 0.474 bits per heavy atom. The Morgan fingerprint density at radius 2 is 0.795 bits per heavy atom. The fourth-order valence-corrected chi connectivity index (χ4v) is 11.7. The van der Waals surface area contributed by atoms with Crippen LogP contribution in [0.3, 0.4) is 0 Å². The Balaban J connectivity index is 1.75. The second kappa shape index (κ2) is 47.8. The fraction of sp³-hybridized carbons (Fsp3) is 0.879. The highest BCUT2D eigenvalue weighted by Gasteiger charge is 2.35. The van der Waals surface area contributed by atoms with Crippen molar-refractivity contribution in [3.8, 4) is 0 Å². The van der Waals surface area contributed by atoms with Crippen LogP contribution in [0.1, 0.15) is 260 Å². The van der Waals surface area contributed by atoms with Gasteiger partial charge in [-0.1, -0.05) is 169 Å². The number of amides is 4. The summed E-state index contributed by atoms with van der Waals surface area (Å²) in [6.07, 6.45) is 48.5. The van der Waals surface area contributed by atoms with E-state index in [1.165, 1.54) is 128 Å². The molecule has 12 nitrogen and oxygen atoms in total. The van der Waals surface area contributed by atoms with E-state index in [4.69, 9.17) is 9.47 Å². The monoisotopic (exact) mass is 1100 g/mol. The van der Waals surface area contributed by atoms with Gasteiger partial charge in [-0.05, 0) is 142 Å². The molecule has 4 unspecified atom stereocenters. The van der Waals surface area contributed by atoms with E-state index in [1.807, 2.05) is 37.5 Å². The van der Waals surface area contributed by atoms with Crippen molar-refractivity contribution in [3.05, 3.63) is 24.3 Å². The van der Waals surface area contributed by atoms with Crippen molar-refractivity contribution in [2.24, 2.45) is 11.8 Å². The third-order valence-electron chi connectivity index (χ3n) is 16.6. The SMILES string of the molecule is CCCCCCCC/C=C\CCCCCCCC(=O)N(CCC1CCCN1C)C(C(=O)NCCOCCOCCNC(=O)C(C(C)C)N(CCC1CCCN1C)C(=O)CCCCCCC/C=C\CCCCCCCC)C(C)C. The molecule has 2 N–H and O–H groups in total. The summed E-state index contributed by atoms with van der Waals surface area (Å²) in [4.78, 5) is 64.1. The van der Waals surface area contributed by atoms with Crippen LogP contribution in [0, 0.1) is 11.8 Å². The van der Waals surface area contributed by atoms with E-state index >= 15 is 0 Å². The molecule has 0 radical (unpaired) electrons. The third-order valence-corrected chi connectivity index (χ3v) is 16.6. The number of unbranched alkanes of at least 4 members (excludes halogenated alkanes) is 22. The first-order valence-electron chi connectivity index (χ1n) is 32.9. The van der Waals surface area contributed by atoms with E-state index in [1.54, 1.807) is 0 Å². The number of carbonyl (C=O) groups excluding carboxylic acids is 4. The molecule has 4 amide bonds. The zero-order chi connectivity index (χ0) is 56.9. The number of allylic oxidation sites excluding steroid dienone is 4. The number of hydrogen-bond acceptors (Lipinski definition) is 8. The van der Waals surface area contributed by atoms with Crippen LogP contribution in [-0.4, -0.2) is 147 Å². The molecule has 2 heterocycles. The molecule has 0 spiro atoms. The zero-order valence-corrected chi connectivity index (χ0v) is 52.1. The van der Waals surface area contributed by atoms with Gasteiger partial charge in [0.25, 0.3) is 0 Å². The molecule has 0 saturated carbocycles. The topological polar surface area (TPSA) is 124 Å². The van der Waals surface area contributed by atoms with Gasteiger partial charge in [-0.25, -0.2) is 0 Å². The van der Waals surface area contributed by atoms with Crippen LogP contribution in [0.15, 0.2) is 24.3 Å². The smallest absolute Gasteiger partial charge is 0.243 e. The van der Waals surface area contributed by atoms with Crippen molar-refractivity contribution in [3.63, 3.8) is 0 Å². The van der Waals surface area contributed by atoms with Crippen LogP contribution in [0.5, 0.6) is 0 Å². The predicted molar refractivity (Wildman–Crippen MR) is 328 cm³/mol. The maximum atomic E-state index is 13.9. The van der Waals surface area contributed by atoms with Crippen LogP contribution in [0.25, 0.3) is 0 Å². The Bertz CT molecular complexity index is 1450. The lowest BCUT2D eigenvalue weighted by Gasteiger charge is -2.35.